The maximum absolute atomic E-state index is 12.3. The SMILES string of the molecule is COc1cccc(NS(=O)(=O)c2ccccc2[N+](=O)[O-])c1. The molecule has 1 N–H and O–H groups in total. The monoisotopic (exact) mass is 308 g/mol. The number of nitro groups is 1. The number of hydrogen-bond acceptors (Lipinski definition) is 5. The van der Waals surface area contributed by atoms with Crippen LogP contribution in [0.25, 0.3) is 0 Å². The molecule has 0 radical (unpaired) electrons. The van der Waals surface area contributed by atoms with Gasteiger partial charge in [0.15, 0.2) is 4.90 Å². The van der Waals surface area contributed by atoms with Gasteiger partial charge < -0.3 is 4.74 Å². The molecular formula is C13H12N2O5S. The van der Waals surface area contributed by atoms with Crippen LogP contribution in [0.1, 0.15) is 0 Å². The first-order chi connectivity index (χ1) is 9.94. The molecular weight excluding hydrogens is 296 g/mol. The smallest absolute Gasteiger partial charge is 0.289 e. The van der Waals surface area contributed by atoms with Crippen molar-refractivity contribution in [3.8, 4) is 5.75 Å². The van der Waals surface area contributed by atoms with Crippen LogP contribution in [0.15, 0.2) is 53.4 Å². The van der Waals surface area contributed by atoms with E-state index in [9.17, 15) is 18.5 Å². The first kappa shape index (κ1) is 14.8. The first-order valence-corrected chi connectivity index (χ1v) is 7.32. The van der Waals surface area contributed by atoms with Gasteiger partial charge in [-0.1, -0.05) is 18.2 Å². The lowest BCUT2D eigenvalue weighted by Crippen LogP contribution is -2.14. The minimum absolute atomic E-state index is 0.257. The lowest BCUT2D eigenvalue weighted by Gasteiger charge is -2.09. The van der Waals surface area contributed by atoms with Crippen molar-refractivity contribution in [2.75, 3.05) is 11.8 Å². The zero-order valence-corrected chi connectivity index (χ0v) is 11.8. The molecule has 2 aromatic carbocycles. The Labute approximate surface area is 121 Å². The number of benzene rings is 2. The zero-order valence-electron chi connectivity index (χ0n) is 11.0. The fourth-order valence-electron chi connectivity index (χ4n) is 1.73. The summed E-state index contributed by atoms with van der Waals surface area (Å²) in [6, 6.07) is 11.4. The van der Waals surface area contributed by atoms with Gasteiger partial charge in [-0.05, 0) is 18.2 Å². The molecule has 2 rings (SSSR count). The summed E-state index contributed by atoms with van der Waals surface area (Å²) in [5.74, 6) is 0.470. The summed E-state index contributed by atoms with van der Waals surface area (Å²) in [6.07, 6.45) is 0. The van der Waals surface area contributed by atoms with Gasteiger partial charge in [0.25, 0.3) is 15.7 Å². The molecule has 0 aliphatic rings. The van der Waals surface area contributed by atoms with Gasteiger partial charge in [0.05, 0.1) is 17.7 Å². The van der Waals surface area contributed by atoms with Crippen LogP contribution in [0.4, 0.5) is 11.4 Å². The lowest BCUT2D eigenvalue weighted by molar-refractivity contribution is -0.387. The summed E-state index contributed by atoms with van der Waals surface area (Å²) < 4.78 is 31.8. The summed E-state index contributed by atoms with van der Waals surface area (Å²) >= 11 is 0. The fraction of sp³-hybridized carbons (Fsp3) is 0.0769. The van der Waals surface area contributed by atoms with Crippen molar-refractivity contribution < 1.29 is 18.1 Å². The third-order valence-corrected chi connectivity index (χ3v) is 4.10. The van der Waals surface area contributed by atoms with E-state index >= 15 is 0 Å². The number of rotatable bonds is 5. The van der Waals surface area contributed by atoms with Crippen molar-refractivity contribution in [3.63, 3.8) is 0 Å². The Morgan fingerprint density at radius 2 is 1.86 bits per heavy atom. The molecule has 0 bridgehead atoms. The number of hydrogen-bond donors (Lipinski definition) is 1. The van der Waals surface area contributed by atoms with E-state index in [0.29, 0.717) is 5.75 Å². The van der Waals surface area contributed by atoms with Gasteiger partial charge in [0.2, 0.25) is 0 Å². The maximum Gasteiger partial charge on any atom is 0.289 e. The average Bonchev–Trinajstić information content (AvgIpc) is 2.47. The van der Waals surface area contributed by atoms with Crippen molar-refractivity contribution in [3.05, 3.63) is 58.6 Å². The maximum atomic E-state index is 12.3. The number of nitrogens with zero attached hydrogens (tertiary/aromatic N) is 1. The Balaban J connectivity index is 2.41. The Morgan fingerprint density at radius 3 is 2.52 bits per heavy atom. The quantitative estimate of drug-likeness (QED) is 0.675. The summed E-state index contributed by atoms with van der Waals surface area (Å²) in [5.41, 5.74) is -0.222. The second-order valence-electron chi connectivity index (χ2n) is 4.06. The van der Waals surface area contributed by atoms with Gasteiger partial charge in [0, 0.05) is 12.1 Å². The number of nitrogens with one attached hydrogen (secondary N) is 1. The van der Waals surface area contributed by atoms with Crippen molar-refractivity contribution in [2.24, 2.45) is 0 Å². The molecule has 0 amide bonds. The molecule has 2 aromatic rings. The predicted octanol–water partition coefficient (Wildman–Crippen LogP) is 2.40. The normalized spacial score (nSPS) is 10.9. The van der Waals surface area contributed by atoms with Crippen LogP contribution in [-0.2, 0) is 10.0 Å². The number of anilines is 1. The molecule has 0 aliphatic heterocycles. The minimum Gasteiger partial charge on any atom is -0.497 e. The highest BCUT2D eigenvalue weighted by atomic mass is 32.2. The molecule has 0 saturated carbocycles. The second-order valence-corrected chi connectivity index (χ2v) is 5.71. The molecule has 7 nitrogen and oxygen atoms in total. The van der Waals surface area contributed by atoms with Crippen molar-refractivity contribution in [1.29, 1.82) is 0 Å². The van der Waals surface area contributed by atoms with Crippen LogP contribution < -0.4 is 9.46 Å². The largest absolute Gasteiger partial charge is 0.497 e. The van der Waals surface area contributed by atoms with E-state index in [1.54, 1.807) is 12.1 Å². The number of para-hydroxylation sites is 1. The summed E-state index contributed by atoms with van der Waals surface area (Å²) in [4.78, 5) is 9.79. The van der Waals surface area contributed by atoms with Crippen LogP contribution in [-0.4, -0.2) is 20.5 Å². The predicted molar refractivity (Wildman–Crippen MR) is 76.9 cm³/mol. The molecule has 0 saturated heterocycles. The summed E-state index contributed by atoms with van der Waals surface area (Å²) in [7, 11) is -2.61. The minimum atomic E-state index is -4.06. The van der Waals surface area contributed by atoms with E-state index in [4.69, 9.17) is 4.74 Å². The van der Waals surface area contributed by atoms with E-state index in [-0.39, 0.29) is 5.69 Å². The van der Waals surface area contributed by atoms with Crippen LogP contribution in [0, 0.1) is 10.1 Å². The van der Waals surface area contributed by atoms with E-state index in [2.05, 4.69) is 4.72 Å². The van der Waals surface area contributed by atoms with E-state index in [0.717, 1.165) is 6.07 Å². The molecule has 0 heterocycles. The highest BCUT2D eigenvalue weighted by Gasteiger charge is 2.25. The van der Waals surface area contributed by atoms with Gasteiger partial charge in [0.1, 0.15) is 5.75 Å². The first-order valence-electron chi connectivity index (χ1n) is 5.84. The molecule has 0 atom stereocenters. The Hall–Kier alpha value is -2.61. The van der Waals surface area contributed by atoms with Gasteiger partial charge in [-0.25, -0.2) is 8.42 Å². The Kier molecular flexibility index (Phi) is 4.08. The fourth-order valence-corrected chi connectivity index (χ4v) is 2.95. The van der Waals surface area contributed by atoms with Crippen LogP contribution in [0.5, 0.6) is 5.75 Å². The van der Waals surface area contributed by atoms with Crippen LogP contribution in [0.3, 0.4) is 0 Å². The van der Waals surface area contributed by atoms with E-state index < -0.39 is 25.5 Å². The Morgan fingerprint density at radius 1 is 1.14 bits per heavy atom. The second kappa shape index (κ2) is 5.80. The van der Waals surface area contributed by atoms with Gasteiger partial charge in [-0.15, -0.1) is 0 Å². The van der Waals surface area contributed by atoms with Gasteiger partial charge in [-0.3, -0.25) is 14.8 Å². The number of ether oxygens (including phenoxy) is 1. The van der Waals surface area contributed by atoms with E-state index in [1.165, 1.54) is 37.4 Å². The standard InChI is InChI=1S/C13H12N2O5S/c1-20-11-6-4-5-10(9-11)14-21(18,19)13-8-3-2-7-12(13)15(16)17/h2-9,14H,1H3. The van der Waals surface area contributed by atoms with Crippen molar-refractivity contribution >= 4 is 21.4 Å². The van der Waals surface area contributed by atoms with Crippen LogP contribution in [0.2, 0.25) is 0 Å². The average molecular weight is 308 g/mol. The lowest BCUT2D eigenvalue weighted by atomic mass is 10.3. The third-order valence-electron chi connectivity index (χ3n) is 2.67. The number of sulfonamides is 1. The molecule has 0 aromatic heterocycles. The molecule has 0 spiro atoms. The molecule has 0 fully saturated rings. The Bertz CT molecular complexity index is 774. The van der Waals surface area contributed by atoms with Gasteiger partial charge in [-0.2, -0.15) is 0 Å². The third kappa shape index (κ3) is 3.29. The van der Waals surface area contributed by atoms with Crippen molar-refractivity contribution in [2.45, 2.75) is 4.90 Å². The van der Waals surface area contributed by atoms with Crippen molar-refractivity contribution in [1.82, 2.24) is 0 Å². The molecule has 0 unspecified atom stereocenters. The summed E-state index contributed by atoms with van der Waals surface area (Å²) in [6.45, 7) is 0. The molecule has 110 valence electrons. The number of methoxy groups -OCH3 is 1. The van der Waals surface area contributed by atoms with Gasteiger partial charge >= 0.3 is 0 Å². The molecule has 0 aliphatic carbocycles. The molecule has 21 heavy (non-hydrogen) atoms. The summed E-state index contributed by atoms with van der Waals surface area (Å²) in [5, 5.41) is 10.9. The number of nitro benzene ring substituents is 1. The van der Waals surface area contributed by atoms with Crippen LogP contribution >= 0.6 is 0 Å². The highest BCUT2D eigenvalue weighted by Crippen LogP contribution is 2.26. The molecule has 8 heteroatoms. The zero-order chi connectivity index (χ0) is 15.5. The topological polar surface area (TPSA) is 98.5 Å². The van der Waals surface area contributed by atoms with E-state index in [1.807, 2.05) is 0 Å². The highest BCUT2D eigenvalue weighted by molar-refractivity contribution is 7.92.